The molecule has 3 amide bonds. The molecule has 0 radical (unpaired) electrons. The summed E-state index contributed by atoms with van der Waals surface area (Å²) in [6, 6.07) is 19.3. The molecule has 0 spiro atoms. The number of carbonyl (C=O) groups excluding carboxylic acids is 2. The van der Waals surface area contributed by atoms with Crippen LogP contribution in [0.5, 0.6) is 0 Å². The maximum Gasteiger partial charge on any atom is 0.321 e. The van der Waals surface area contributed by atoms with E-state index in [0.29, 0.717) is 19.6 Å². The number of likely N-dealkylation sites (tertiary alicyclic amines) is 1. The number of rotatable bonds is 5. The highest BCUT2D eigenvalue weighted by atomic mass is 16.2. The van der Waals surface area contributed by atoms with Crippen LogP contribution >= 0.6 is 0 Å². The van der Waals surface area contributed by atoms with Crippen LogP contribution in [0.1, 0.15) is 18.4 Å². The molecule has 0 aliphatic carbocycles. The number of fused-ring (bicyclic) bond motifs is 1. The molecule has 154 valence electrons. The van der Waals surface area contributed by atoms with Crippen LogP contribution < -0.4 is 10.6 Å². The Morgan fingerprint density at radius 1 is 1.03 bits per heavy atom. The molecular weight excluding hydrogens is 376 g/mol. The van der Waals surface area contributed by atoms with Crippen molar-refractivity contribution in [3.8, 4) is 0 Å². The lowest BCUT2D eigenvalue weighted by Gasteiger charge is -2.32. The number of benzene rings is 2. The molecule has 0 saturated carbocycles. The molecule has 1 fully saturated rings. The van der Waals surface area contributed by atoms with E-state index < -0.39 is 0 Å². The van der Waals surface area contributed by atoms with E-state index >= 15 is 0 Å². The van der Waals surface area contributed by atoms with Gasteiger partial charge in [0.1, 0.15) is 0 Å². The molecule has 6 heteroatoms. The Balaban J connectivity index is 1.29. The third-order valence-corrected chi connectivity index (χ3v) is 5.51. The Labute approximate surface area is 176 Å². The Morgan fingerprint density at radius 3 is 2.73 bits per heavy atom. The van der Waals surface area contributed by atoms with Gasteiger partial charge in [-0.25, -0.2) is 4.79 Å². The van der Waals surface area contributed by atoms with Crippen molar-refractivity contribution in [2.75, 3.05) is 25.0 Å². The fourth-order valence-corrected chi connectivity index (χ4v) is 3.93. The van der Waals surface area contributed by atoms with Gasteiger partial charge in [-0.3, -0.25) is 9.78 Å². The second kappa shape index (κ2) is 9.39. The van der Waals surface area contributed by atoms with Crippen molar-refractivity contribution in [1.29, 1.82) is 0 Å². The number of aromatic nitrogens is 1. The maximum atomic E-state index is 12.7. The number of pyridine rings is 1. The smallest absolute Gasteiger partial charge is 0.321 e. The van der Waals surface area contributed by atoms with Gasteiger partial charge < -0.3 is 15.5 Å². The molecule has 1 aliphatic heterocycles. The van der Waals surface area contributed by atoms with Crippen molar-refractivity contribution in [2.24, 2.45) is 5.92 Å². The predicted molar refractivity (Wildman–Crippen MR) is 118 cm³/mol. The third kappa shape index (κ3) is 4.76. The lowest BCUT2D eigenvalue weighted by Crippen LogP contribution is -2.47. The summed E-state index contributed by atoms with van der Waals surface area (Å²) >= 11 is 0. The average molecular weight is 402 g/mol. The lowest BCUT2D eigenvalue weighted by atomic mass is 9.97. The van der Waals surface area contributed by atoms with Gasteiger partial charge in [-0.2, -0.15) is 0 Å². The van der Waals surface area contributed by atoms with Crippen LogP contribution in [-0.4, -0.2) is 41.5 Å². The van der Waals surface area contributed by atoms with E-state index in [9.17, 15) is 9.59 Å². The molecule has 2 aromatic carbocycles. The number of carbonyl (C=O) groups is 2. The summed E-state index contributed by atoms with van der Waals surface area (Å²) in [5.41, 5.74) is 2.87. The summed E-state index contributed by atoms with van der Waals surface area (Å²) in [6.07, 6.45) is 4.15. The summed E-state index contributed by atoms with van der Waals surface area (Å²) in [6.45, 7) is 1.67. The first-order valence-electron chi connectivity index (χ1n) is 10.4. The minimum Gasteiger partial charge on any atom is -0.355 e. The Morgan fingerprint density at radius 2 is 1.87 bits per heavy atom. The van der Waals surface area contributed by atoms with Crippen LogP contribution in [0.2, 0.25) is 0 Å². The maximum absolute atomic E-state index is 12.7. The van der Waals surface area contributed by atoms with Crippen LogP contribution in [0, 0.1) is 5.92 Å². The second-order valence-corrected chi connectivity index (χ2v) is 7.61. The van der Waals surface area contributed by atoms with Crippen LogP contribution in [0.3, 0.4) is 0 Å². The van der Waals surface area contributed by atoms with Crippen LogP contribution in [-0.2, 0) is 11.2 Å². The number of piperidine rings is 1. The van der Waals surface area contributed by atoms with Gasteiger partial charge in [-0.1, -0.05) is 42.5 Å². The second-order valence-electron chi connectivity index (χ2n) is 7.61. The Hall–Kier alpha value is -3.41. The van der Waals surface area contributed by atoms with Crippen molar-refractivity contribution in [2.45, 2.75) is 19.3 Å². The van der Waals surface area contributed by atoms with Crippen molar-refractivity contribution < 1.29 is 9.59 Å². The highest BCUT2D eigenvalue weighted by molar-refractivity contribution is 5.90. The molecule has 1 atom stereocenters. The molecule has 2 heterocycles. The normalized spacial score (nSPS) is 16.3. The highest BCUT2D eigenvalue weighted by Crippen LogP contribution is 2.19. The molecule has 1 saturated heterocycles. The van der Waals surface area contributed by atoms with E-state index in [0.717, 1.165) is 41.4 Å². The third-order valence-electron chi connectivity index (χ3n) is 5.51. The fraction of sp³-hybridized carbons (Fsp3) is 0.292. The number of nitrogens with zero attached hydrogens (tertiary/aromatic N) is 2. The summed E-state index contributed by atoms with van der Waals surface area (Å²) in [7, 11) is 0. The van der Waals surface area contributed by atoms with Gasteiger partial charge in [0.05, 0.1) is 11.4 Å². The van der Waals surface area contributed by atoms with Crippen LogP contribution in [0.4, 0.5) is 10.5 Å². The summed E-state index contributed by atoms with van der Waals surface area (Å²) in [5, 5.41) is 7.06. The Kier molecular flexibility index (Phi) is 6.23. The van der Waals surface area contributed by atoms with E-state index in [1.165, 1.54) is 0 Å². The zero-order chi connectivity index (χ0) is 20.8. The first kappa shape index (κ1) is 19.9. The van der Waals surface area contributed by atoms with Gasteiger partial charge in [0.15, 0.2) is 0 Å². The zero-order valence-corrected chi connectivity index (χ0v) is 16.9. The molecule has 0 unspecified atom stereocenters. The Bertz CT molecular complexity index is 1020. The van der Waals surface area contributed by atoms with Gasteiger partial charge in [0.25, 0.3) is 0 Å². The summed E-state index contributed by atoms with van der Waals surface area (Å²) in [5.74, 6) is -0.161. The number of anilines is 1. The number of hydrogen-bond donors (Lipinski definition) is 2. The lowest BCUT2D eigenvalue weighted by molar-refractivity contribution is -0.126. The van der Waals surface area contributed by atoms with E-state index in [4.69, 9.17) is 0 Å². The van der Waals surface area contributed by atoms with Crippen LogP contribution in [0.15, 0.2) is 66.9 Å². The standard InChI is InChI=1S/C24H26N4O2/c29-23(26-15-13-19-8-4-7-18-9-5-14-25-22(18)19)20-10-6-16-28(17-20)24(30)27-21-11-2-1-3-12-21/h1-5,7-9,11-12,14,20H,6,10,13,15-17H2,(H,26,29)(H,27,30)/t20-/m0/s1. The first-order valence-corrected chi connectivity index (χ1v) is 10.4. The zero-order valence-electron chi connectivity index (χ0n) is 16.9. The monoisotopic (exact) mass is 402 g/mol. The van der Waals surface area contributed by atoms with Gasteiger partial charge in [-0.15, -0.1) is 0 Å². The molecule has 30 heavy (non-hydrogen) atoms. The van der Waals surface area contributed by atoms with E-state index in [1.807, 2.05) is 54.6 Å². The molecule has 6 nitrogen and oxygen atoms in total. The highest BCUT2D eigenvalue weighted by Gasteiger charge is 2.28. The average Bonchev–Trinajstić information content (AvgIpc) is 2.80. The molecule has 4 rings (SSSR count). The number of nitrogens with one attached hydrogen (secondary N) is 2. The topological polar surface area (TPSA) is 74.3 Å². The molecule has 1 aromatic heterocycles. The minimum atomic E-state index is -0.175. The van der Waals surface area contributed by atoms with Gasteiger partial charge in [0.2, 0.25) is 5.91 Å². The van der Waals surface area contributed by atoms with Crippen molar-refractivity contribution in [1.82, 2.24) is 15.2 Å². The number of para-hydroxylation sites is 2. The number of hydrogen-bond acceptors (Lipinski definition) is 3. The van der Waals surface area contributed by atoms with Gasteiger partial charge >= 0.3 is 6.03 Å². The largest absolute Gasteiger partial charge is 0.355 e. The molecular formula is C24H26N4O2. The number of urea groups is 1. The van der Waals surface area contributed by atoms with Crippen molar-refractivity contribution >= 4 is 28.5 Å². The van der Waals surface area contributed by atoms with Gasteiger partial charge in [-0.05, 0) is 43.0 Å². The van der Waals surface area contributed by atoms with Crippen LogP contribution in [0.25, 0.3) is 10.9 Å². The van der Waals surface area contributed by atoms with E-state index in [1.54, 1.807) is 11.1 Å². The molecule has 3 aromatic rings. The number of amides is 3. The quantitative estimate of drug-likeness (QED) is 0.681. The summed E-state index contributed by atoms with van der Waals surface area (Å²) in [4.78, 5) is 31.4. The first-order chi connectivity index (χ1) is 14.7. The molecule has 1 aliphatic rings. The predicted octanol–water partition coefficient (Wildman–Crippen LogP) is 3.84. The van der Waals surface area contributed by atoms with Gasteiger partial charge in [0, 0.05) is 36.9 Å². The SMILES string of the molecule is O=C(NCCc1cccc2cccnc12)[C@H]1CCCN(C(=O)Nc2ccccc2)C1. The molecule has 0 bridgehead atoms. The van der Waals surface area contributed by atoms with E-state index in [-0.39, 0.29) is 17.9 Å². The van der Waals surface area contributed by atoms with E-state index in [2.05, 4.69) is 21.7 Å². The summed E-state index contributed by atoms with van der Waals surface area (Å²) < 4.78 is 0. The minimum absolute atomic E-state index is 0.0143. The molecule has 2 N–H and O–H groups in total. The van der Waals surface area contributed by atoms with Crippen molar-refractivity contribution in [3.63, 3.8) is 0 Å². The fourth-order valence-electron chi connectivity index (χ4n) is 3.93. The van der Waals surface area contributed by atoms with Crippen molar-refractivity contribution in [3.05, 3.63) is 72.4 Å².